The summed E-state index contributed by atoms with van der Waals surface area (Å²) in [5, 5.41) is 13.6. The van der Waals surface area contributed by atoms with Gasteiger partial charge in [0.05, 0.1) is 18.8 Å². The highest BCUT2D eigenvalue weighted by molar-refractivity contribution is 5.86. The van der Waals surface area contributed by atoms with Gasteiger partial charge >= 0.3 is 5.97 Å². The number of nitrogens with one attached hydrogen (secondary N) is 1. The Bertz CT molecular complexity index is 450. The van der Waals surface area contributed by atoms with E-state index < -0.39 is 11.6 Å². The van der Waals surface area contributed by atoms with E-state index in [9.17, 15) is 9.90 Å². The SMILES string of the molecule is COC(=O)c1ccc(C(C)NCC2(O)CCOCC2)o1. The third-order valence-corrected chi connectivity index (χ3v) is 3.60. The number of carbonyl (C=O) groups is 1. The molecule has 2 rings (SSSR count). The molecule has 112 valence electrons. The fourth-order valence-corrected chi connectivity index (χ4v) is 2.17. The number of methoxy groups -OCH3 is 1. The van der Waals surface area contributed by atoms with Crippen molar-refractivity contribution in [2.75, 3.05) is 26.9 Å². The Morgan fingerprint density at radius 1 is 1.50 bits per heavy atom. The molecule has 1 fully saturated rings. The maximum absolute atomic E-state index is 11.3. The summed E-state index contributed by atoms with van der Waals surface area (Å²) in [4.78, 5) is 11.3. The minimum absolute atomic E-state index is 0.0970. The first-order valence-corrected chi connectivity index (χ1v) is 6.76. The quantitative estimate of drug-likeness (QED) is 0.792. The van der Waals surface area contributed by atoms with Crippen LogP contribution in [0.1, 0.15) is 42.1 Å². The summed E-state index contributed by atoms with van der Waals surface area (Å²) < 4.78 is 15.3. The average molecular weight is 283 g/mol. The minimum Gasteiger partial charge on any atom is -0.463 e. The molecule has 2 N–H and O–H groups in total. The first kappa shape index (κ1) is 15.0. The van der Waals surface area contributed by atoms with Crippen LogP contribution in [-0.4, -0.2) is 43.5 Å². The summed E-state index contributed by atoms with van der Waals surface area (Å²) in [6, 6.07) is 3.22. The first-order valence-electron chi connectivity index (χ1n) is 6.76. The molecule has 0 amide bonds. The highest BCUT2D eigenvalue weighted by Crippen LogP contribution is 2.22. The van der Waals surface area contributed by atoms with Gasteiger partial charge in [-0.1, -0.05) is 0 Å². The van der Waals surface area contributed by atoms with Gasteiger partial charge in [0.15, 0.2) is 0 Å². The number of hydrogen-bond acceptors (Lipinski definition) is 6. The van der Waals surface area contributed by atoms with Crippen molar-refractivity contribution < 1.29 is 23.8 Å². The smallest absolute Gasteiger partial charge is 0.373 e. The molecule has 0 saturated carbocycles. The summed E-state index contributed by atoms with van der Waals surface area (Å²) >= 11 is 0. The van der Waals surface area contributed by atoms with Crippen LogP contribution in [-0.2, 0) is 9.47 Å². The van der Waals surface area contributed by atoms with Crippen LogP contribution in [0.5, 0.6) is 0 Å². The molecule has 1 unspecified atom stereocenters. The van der Waals surface area contributed by atoms with E-state index in [-0.39, 0.29) is 11.8 Å². The molecule has 1 aromatic rings. The van der Waals surface area contributed by atoms with Gasteiger partial charge in [-0.15, -0.1) is 0 Å². The van der Waals surface area contributed by atoms with E-state index in [1.54, 1.807) is 12.1 Å². The molecular weight excluding hydrogens is 262 g/mol. The summed E-state index contributed by atoms with van der Waals surface area (Å²) in [6.45, 7) is 3.55. The van der Waals surface area contributed by atoms with Crippen molar-refractivity contribution in [3.63, 3.8) is 0 Å². The molecular formula is C14H21NO5. The van der Waals surface area contributed by atoms with E-state index in [0.29, 0.717) is 38.4 Å². The van der Waals surface area contributed by atoms with E-state index >= 15 is 0 Å². The number of aliphatic hydroxyl groups is 1. The second-order valence-electron chi connectivity index (χ2n) is 5.13. The summed E-state index contributed by atoms with van der Waals surface area (Å²) in [6.07, 6.45) is 1.25. The Morgan fingerprint density at radius 3 is 2.85 bits per heavy atom. The van der Waals surface area contributed by atoms with Crippen LogP contribution in [0.4, 0.5) is 0 Å². The average Bonchev–Trinajstić information content (AvgIpc) is 2.94. The zero-order chi connectivity index (χ0) is 14.6. The third-order valence-electron chi connectivity index (χ3n) is 3.60. The van der Waals surface area contributed by atoms with Crippen molar-refractivity contribution in [2.24, 2.45) is 0 Å². The highest BCUT2D eigenvalue weighted by Gasteiger charge is 2.30. The summed E-state index contributed by atoms with van der Waals surface area (Å²) in [5.74, 6) is 0.327. The minimum atomic E-state index is -0.732. The molecule has 20 heavy (non-hydrogen) atoms. The summed E-state index contributed by atoms with van der Waals surface area (Å²) in [7, 11) is 1.31. The molecule has 1 aliphatic heterocycles. The molecule has 0 aliphatic carbocycles. The van der Waals surface area contributed by atoms with E-state index in [2.05, 4.69) is 10.1 Å². The largest absolute Gasteiger partial charge is 0.463 e. The fourth-order valence-electron chi connectivity index (χ4n) is 2.17. The van der Waals surface area contributed by atoms with Gasteiger partial charge in [-0.3, -0.25) is 0 Å². The second kappa shape index (κ2) is 6.39. The zero-order valence-corrected chi connectivity index (χ0v) is 11.8. The van der Waals surface area contributed by atoms with Crippen LogP contribution in [0.2, 0.25) is 0 Å². The molecule has 1 saturated heterocycles. The monoisotopic (exact) mass is 283 g/mol. The number of hydrogen-bond donors (Lipinski definition) is 2. The second-order valence-corrected chi connectivity index (χ2v) is 5.13. The predicted octanol–water partition coefficient (Wildman–Crippen LogP) is 1.26. The Labute approximate surface area is 118 Å². The van der Waals surface area contributed by atoms with Crippen molar-refractivity contribution >= 4 is 5.97 Å². The maximum atomic E-state index is 11.3. The number of carbonyl (C=O) groups excluding carboxylic acids is 1. The van der Waals surface area contributed by atoms with Gasteiger partial charge in [0.1, 0.15) is 5.76 Å². The molecule has 0 aromatic carbocycles. The fraction of sp³-hybridized carbons (Fsp3) is 0.643. The molecule has 0 bridgehead atoms. The van der Waals surface area contributed by atoms with Crippen LogP contribution in [0, 0.1) is 0 Å². The number of ether oxygens (including phenoxy) is 2. The van der Waals surface area contributed by atoms with Crippen LogP contribution in [0.25, 0.3) is 0 Å². The standard InChI is InChI=1S/C14H21NO5/c1-10(11-3-4-12(20-11)13(16)18-2)15-9-14(17)5-7-19-8-6-14/h3-4,10,15,17H,5-9H2,1-2H3. The normalized spacial score (nSPS) is 19.6. The summed E-state index contributed by atoms with van der Waals surface area (Å²) in [5.41, 5.74) is -0.732. The number of rotatable bonds is 5. The molecule has 6 nitrogen and oxygen atoms in total. The topological polar surface area (TPSA) is 80.9 Å². The van der Waals surface area contributed by atoms with Gasteiger partial charge in [-0.05, 0) is 19.1 Å². The van der Waals surface area contributed by atoms with Crippen LogP contribution in [0.3, 0.4) is 0 Å². The van der Waals surface area contributed by atoms with Gasteiger partial charge in [-0.25, -0.2) is 4.79 Å². The van der Waals surface area contributed by atoms with Crippen LogP contribution < -0.4 is 5.32 Å². The lowest BCUT2D eigenvalue weighted by molar-refractivity contribution is -0.0628. The lowest BCUT2D eigenvalue weighted by atomic mass is 9.94. The van der Waals surface area contributed by atoms with Crippen molar-refractivity contribution in [3.8, 4) is 0 Å². The molecule has 1 aromatic heterocycles. The molecule has 1 aliphatic rings. The van der Waals surface area contributed by atoms with E-state index in [0.717, 1.165) is 0 Å². The van der Waals surface area contributed by atoms with Gasteiger partial charge in [-0.2, -0.15) is 0 Å². The Morgan fingerprint density at radius 2 is 2.20 bits per heavy atom. The van der Waals surface area contributed by atoms with E-state index in [1.165, 1.54) is 7.11 Å². The Balaban J connectivity index is 1.89. The molecule has 2 heterocycles. The van der Waals surface area contributed by atoms with Crippen LogP contribution in [0.15, 0.2) is 16.5 Å². The van der Waals surface area contributed by atoms with Gasteiger partial charge in [0.2, 0.25) is 5.76 Å². The first-order chi connectivity index (χ1) is 9.54. The maximum Gasteiger partial charge on any atom is 0.373 e. The van der Waals surface area contributed by atoms with Crippen molar-refractivity contribution in [1.29, 1.82) is 0 Å². The van der Waals surface area contributed by atoms with E-state index in [4.69, 9.17) is 9.15 Å². The third kappa shape index (κ3) is 3.59. The Hall–Kier alpha value is -1.37. The Kier molecular flexibility index (Phi) is 4.80. The van der Waals surface area contributed by atoms with Crippen molar-refractivity contribution in [1.82, 2.24) is 5.32 Å². The number of esters is 1. The van der Waals surface area contributed by atoms with Gasteiger partial charge in [0.25, 0.3) is 0 Å². The lowest BCUT2D eigenvalue weighted by Crippen LogP contribution is -2.45. The molecule has 0 radical (unpaired) electrons. The van der Waals surface area contributed by atoms with Crippen LogP contribution >= 0.6 is 0 Å². The molecule has 6 heteroatoms. The number of furan rings is 1. The molecule has 1 atom stereocenters. The highest BCUT2D eigenvalue weighted by atomic mass is 16.5. The molecule has 0 spiro atoms. The lowest BCUT2D eigenvalue weighted by Gasteiger charge is -2.33. The van der Waals surface area contributed by atoms with Gasteiger partial charge < -0.3 is 24.3 Å². The van der Waals surface area contributed by atoms with Gasteiger partial charge in [0, 0.05) is 32.6 Å². The van der Waals surface area contributed by atoms with E-state index in [1.807, 2.05) is 6.92 Å². The zero-order valence-electron chi connectivity index (χ0n) is 11.8. The van der Waals surface area contributed by atoms with Crippen molar-refractivity contribution in [3.05, 3.63) is 23.7 Å². The van der Waals surface area contributed by atoms with Crippen molar-refractivity contribution in [2.45, 2.75) is 31.4 Å². The predicted molar refractivity (Wildman–Crippen MR) is 71.5 cm³/mol.